The molecule has 21 heavy (non-hydrogen) atoms. The van der Waals surface area contributed by atoms with Gasteiger partial charge in [0.2, 0.25) is 0 Å². The molecular formula is C12H13N5O4. The molecule has 0 fully saturated rings. The van der Waals surface area contributed by atoms with Crippen LogP contribution < -0.4 is 15.8 Å². The van der Waals surface area contributed by atoms with Gasteiger partial charge in [0.25, 0.3) is 5.91 Å². The summed E-state index contributed by atoms with van der Waals surface area (Å²) in [4.78, 5) is 12.1. The molecule has 6 N–H and O–H groups in total. The number of nitrogens with zero attached hydrogens (tertiary/aromatic N) is 2. The number of carbonyl (C=O) groups is 1. The van der Waals surface area contributed by atoms with Crippen molar-refractivity contribution in [3.8, 4) is 11.5 Å². The van der Waals surface area contributed by atoms with Crippen molar-refractivity contribution in [2.45, 2.75) is 0 Å². The number of hydrogen-bond acceptors (Lipinski definition) is 6. The number of hydrogen-bond donors (Lipinski definition) is 5. The van der Waals surface area contributed by atoms with Crippen LogP contribution in [0.2, 0.25) is 0 Å². The van der Waals surface area contributed by atoms with Gasteiger partial charge in [-0.25, -0.2) is 0 Å². The lowest BCUT2D eigenvalue weighted by Gasteiger charge is -2.08. The molecule has 0 aliphatic heterocycles. The number of amides is 1. The van der Waals surface area contributed by atoms with E-state index in [1.807, 2.05) is 0 Å². The molecule has 110 valence electrons. The van der Waals surface area contributed by atoms with Gasteiger partial charge in [-0.1, -0.05) is 5.16 Å². The number of aromatic hydroxyl groups is 1. The number of anilines is 1. The molecule has 0 unspecified atom stereocenters. The maximum absolute atomic E-state index is 12.1. The molecule has 0 saturated heterocycles. The van der Waals surface area contributed by atoms with E-state index in [1.165, 1.54) is 31.5 Å². The zero-order valence-corrected chi connectivity index (χ0v) is 11.0. The van der Waals surface area contributed by atoms with Crippen molar-refractivity contribution < 1.29 is 19.8 Å². The van der Waals surface area contributed by atoms with Gasteiger partial charge in [-0.15, -0.1) is 0 Å². The van der Waals surface area contributed by atoms with Crippen LogP contribution in [-0.2, 0) is 0 Å². The Bertz CT molecular complexity index is 695. The molecule has 2 aromatic rings. The highest BCUT2D eigenvalue weighted by molar-refractivity contribution is 6.10. The number of oxime groups is 1. The molecule has 0 atom stereocenters. The summed E-state index contributed by atoms with van der Waals surface area (Å²) in [6, 6.07) is 4.25. The molecule has 1 aromatic heterocycles. The van der Waals surface area contributed by atoms with Crippen LogP contribution in [0, 0.1) is 0 Å². The van der Waals surface area contributed by atoms with Crippen molar-refractivity contribution in [2.75, 3.05) is 12.4 Å². The van der Waals surface area contributed by atoms with Gasteiger partial charge >= 0.3 is 0 Å². The van der Waals surface area contributed by atoms with Crippen LogP contribution >= 0.6 is 0 Å². The molecule has 0 saturated carbocycles. The highest BCUT2D eigenvalue weighted by atomic mass is 16.5. The van der Waals surface area contributed by atoms with E-state index in [2.05, 4.69) is 20.7 Å². The fourth-order valence-corrected chi connectivity index (χ4v) is 1.64. The third kappa shape index (κ3) is 2.86. The number of rotatable bonds is 4. The molecule has 2 rings (SSSR count). The predicted molar refractivity (Wildman–Crippen MR) is 73.7 cm³/mol. The second kappa shape index (κ2) is 5.82. The van der Waals surface area contributed by atoms with Gasteiger partial charge in [0.05, 0.1) is 24.4 Å². The Morgan fingerprint density at radius 3 is 2.86 bits per heavy atom. The molecule has 1 amide bonds. The zero-order valence-electron chi connectivity index (χ0n) is 11.0. The first kappa shape index (κ1) is 14.2. The Morgan fingerprint density at radius 1 is 1.48 bits per heavy atom. The summed E-state index contributed by atoms with van der Waals surface area (Å²) < 4.78 is 4.93. The number of phenols is 1. The van der Waals surface area contributed by atoms with Gasteiger partial charge in [0.15, 0.2) is 5.84 Å². The van der Waals surface area contributed by atoms with Crippen molar-refractivity contribution in [1.82, 2.24) is 10.2 Å². The summed E-state index contributed by atoms with van der Waals surface area (Å²) >= 11 is 0. The fraction of sp³-hybridized carbons (Fsp3) is 0.0833. The lowest BCUT2D eigenvalue weighted by atomic mass is 10.1. The first-order valence-electron chi connectivity index (χ1n) is 5.76. The largest absolute Gasteiger partial charge is 0.507 e. The smallest absolute Gasteiger partial charge is 0.260 e. The highest BCUT2D eigenvalue weighted by Gasteiger charge is 2.16. The molecule has 0 aliphatic rings. The van der Waals surface area contributed by atoms with E-state index >= 15 is 0 Å². The second-order valence-electron chi connectivity index (χ2n) is 3.98. The number of ether oxygens (including phenoxy) is 1. The van der Waals surface area contributed by atoms with Crippen LogP contribution in [0.3, 0.4) is 0 Å². The molecule has 1 heterocycles. The standard InChI is InChI=1S/C12H13N5O4/c1-21-6-2-3-7(9(18)4-6)12(19)15-11-8(5-14-16-11)10(13)17-20/h2-5,18,20H,1H3,(H2,13,17)(H2,14,15,16,19). The normalized spacial score (nSPS) is 11.2. The van der Waals surface area contributed by atoms with Crippen molar-refractivity contribution >= 4 is 17.6 Å². The summed E-state index contributed by atoms with van der Waals surface area (Å²) in [5, 5.41) is 29.9. The molecule has 1 aromatic carbocycles. The molecule has 0 radical (unpaired) electrons. The van der Waals surface area contributed by atoms with E-state index in [-0.39, 0.29) is 28.5 Å². The van der Waals surface area contributed by atoms with Crippen LogP contribution in [0.5, 0.6) is 11.5 Å². The van der Waals surface area contributed by atoms with Crippen LogP contribution in [-0.4, -0.2) is 39.4 Å². The van der Waals surface area contributed by atoms with E-state index in [0.717, 1.165) is 0 Å². The van der Waals surface area contributed by atoms with E-state index < -0.39 is 5.91 Å². The molecule has 0 bridgehead atoms. The van der Waals surface area contributed by atoms with Gasteiger partial charge in [-0.3, -0.25) is 9.89 Å². The summed E-state index contributed by atoms with van der Waals surface area (Å²) in [6.07, 6.45) is 1.29. The summed E-state index contributed by atoms with van der Waals surface area (Å²) in [5.74, 6) is -0.477. The van der Waals surface area contributed by atoms with Crippen LogP contribution in [0.25, 0.3) is 0 Å². The maximum Gasteiger partial charge on any atom is 0.260 e. The average Bonchev–Trinajstić information content (AvgIpc) is 2.94. The number of carbonyl (C=O) groups excluding carboxylic acids is 1. The monoisotopic (exact) mass is 291 g/mol. The Morgan fingerprint density at radius 2 is 2.24 bits per heavy atom. The molecule has 0 aliphatic carbocycles. The van der Waals surface area contributed by atoms with Gasteiger partial charge in [-0.2, -0.15) is 5.10 Å². The fourth-order valence-electron chi connectivity index (χ4n) is 1.64. The minimum absolute atomic E-state index is 0.0378. The average molecular weight is 291 g/mol. The molecule has 9 nitrogen and oxygen atoms in total. The summed E-state index contributed by atoms with van der Waals surface area (Å²) in [5.41, 5.74) is 5.70. The van der Waals surface area contributed by atoms with Gasteiger partial charge in [0, 0.05) is 6.07 Å². The van der Waals surface area contributed by atoms with Crippen LogP contribution in [0.4, 0.5) is 5.82 Å². The predicted octanol–water partition coefficient (Wildman–Crippen LogP) is 0.471. The van der Waals surface area contributed by atoms with Crippen molar-refractivity contribution in [2.24, 2.45) is 10.9 Å². The van der Waals surface area contributed by atoms with Crippen LogP contribution in [0.15, 0.2) is 29.6 Å². The zero-order chi connectivity index (χ0) is 15.4. The van der Waals surface area contributed by atoms with Crippen LogP contribution in [0.1, 0.15) is 15.9 Å². The minimum Gasteiger partial charge on any atom is -0.507 e. The van der Waals surface area contributed by atoms with Gasteiger partial charge in [-0.05, 0) is 12.1 Å². The molecule has 9 heteroatoms. The number of methoxy groups -OCH3 is 1. The first-order valence-corrected chi connectivity index (χ1v) is 5.76. The van der Waals surface area contributed by atoms with E-state index in [1.54, 1.807) is 0 Å². The number of benzene rings is 1. The number of H-pyrrole nitrogens is 1. The molecule has 0 spiro atoms. The van der Waals surface area contributed by atoms with Crippen molar-refractivity contribution in [3.63, 3.8) is 0 Å². The third-order valence-electron chi connectivity index (χ3n) is 2.71. The highest BCUT2D eigenvalue weighted by Crippen LogP contribution is 2.24. The SMILES string of the molecule is COc1ccc(C(=O)Nc2[nH]ncc2C(N)=NO)c(O)c1. The number of nitrogens with one attached hydrogen (secondary N) is 2. The number of aromatic nitrogens is 2. The van der Waals surface area contributed by atoms with E-state index in [9.17, 15) is 9.90 Å². The number of amidine groups is 1. The van der Waals surface area contributed by atoms with Crippen molar-refractivity contribution in [1.29, 1.82) is 0 Å². The number of aromatic amines is 1. The Kier molecular flexibility index (Phi) is 3.93. The van der Waals surface area contributed by atoms with E-state index in [0.29, 0.717) is 5.75 Å². The van der Waals surface area contributed by atoms with Gasteiger partial charge < -0.3 is 26.1 Å². The first-order chi connectivity index (χ1) is 10.1. The summed E-state index contributed by atoms with van der Waals surface area (Å²) in [7, 11) is 1.45. The Hall–Kier alpha value is -3.23. The summed E-state index contributed by atoms with van der Waals surface area (Å²) in [6.45, 7) is 0. The number of phenolic OH excluding ortho intramolecular Hbond substituents is 1. The third-order valence-corrected chi connectivity index (χ3v) is 2.71. The lowest BCUT2D eigenvalue weighted by molar-refractivity contribution is 0.102. The van der Waals surface area contributed by atoms with E-state index in [4.69, 9.17) is 15.7 Å². The molecular weight excluding hydrogens is 278 g/mol. The minimum atomic E-state index is -0.591. The van der Waals surface area contributed by atoms with Crippen molar-refractivity contribution in [3.05, 3.63) is 35.5 Å². The Balaban J connectivity index is 2.25. The Labute approximate surface area is 119 Å². The lowest BCUT2D eigenvalue weighted by Crippen LogP contribution is -2.18. The quantitative estimate of drug-likeness (QED) is 0.239. The van der Waals surface area contributed by atoms with Gasteiger partial charge in [0.1, 0.15) is 17.3 Å². The maximum atomic E-state index is 12.1. The second-order valence-corrected chi connectivity index (χ2v) is 3.98. The topological polar surface area (TPSA) is 146 Å². The number of nitrogens with two attached hydrogens (primary N) is 1.